The predicted molar refractivity (Wildman–Crippen MR) is 79.7 cm³/mol. The van der Waals surface area contributed by atoms with E-state index >= 15 is 0 Å². The third kappa shape index (κ3) is 3.39. The summed E-state index contributed by atoms with van der Waals surface area (Å²) >= 11 is 0. The zero-order valence-electron chi connectivity index (χ0n) is 12.1. The number of anilines is 1. The lowest BCUT2D eigenvalue weighted by atomic mass is 10.3. The van der Waals surface area contributed by atoms with E-state index in [0.29, 0.717) is 6.04 Å². The highest BCUT2D eigenvalue weighted by Gasteiger charge is 2.20. The van der Waals surface area contributed by atoms with Crippen LogP contribution in [0, 0.1) is 6.92 Å². The fourth-order valence-electron chi connectivity index (χ4n) is 2.23. The molecule has 2 aromatic heterocycles. The van der Waals surface area contributed by atoms with Crippen LogP contribution in [0.2, 0.25) is 0 Å². The van der Waals surface area contributed by atoms with E-state index < -0.39 is 0 Å². The number of pyridine rings is 1. The molecule has 4 heteroatoms. The van der Waals surface area contributed by atoms with Gasteiger partial charge in [-0.15, -0.1) is 0 Å². The molecule has 4 nitrogen and oxygen atoms in total. The Morgan fingerprint density at radius 1 is 1.35 bits per heavy atom. The maximum atomic E-state index is 5.62. The second kappa shape index (κ2) is 5.67. The molecule has 0 atom stereocenters. The second-order valence-corrected chi connectivity index (χ2v) is 5.53. The molecule has 2 aromatic rings. The summed E-state index contributed by atoms with van der Waals surface area (Å²) < 4.78 is 5.62. The molecule has 0 bridgehead atoms. The molecule has 0 aliphatic heterocycles. The van der Waals surface area contributed by atoms with E-state index in [4.69, 9.17) is 4.42 Å². The van der Waals surface area contributed by atoms with Crippen LogP contribution in [-0.4, -0.2) is 18.1 Å². The maximum Gasteiger partial charge on any atom is 0.123 e. The van der Waals surface area contributed by atoms with Crippen molar-refractivity contribution in [2.45, 2.75) is 38.9 Å². The summed E-state index contributed by atoms with van der Waals surface area (Å²) in [6.45, 7) is 3.59. The van der Waals surface area contributed by atoms with Crippen molar-refractivity contribution in [1.82, 2.24) is 10.3 Å². The molecule has 1 aliphatic rings. The summed E-state index contributed by atoms with van der Waals surface area (Å²) in [5.74, 6) is 1.94. The smallest absolute Gasteiger partial charge is 0.123 e. The third-order valence-electron chi connectivity index (χ3n) is 3.58. The lowest BCUT2D eigenvalue weighted by molar-refractivity contribution is 0.482. The summed E-state index contributed by atoms with van der Waals surface area (Å²) in [4.78, 5) is 6.60. The van der Waals surface area contributed by atoms with Gasteiger partial charge >= 0.3 is 0 Å². The Balaban J connectivity index is 1.63. The van der Waals surface area contributed by atoms with Crippen molar-refractivity contribution >= 4 is 5.69 Å². The Labute approximate surface area is 119 Å². The van der Waals surface area contributed by atoms with E-state index in [1.54, 1.807) is 0 Å². The zero-order chi connectivity index (χ0) is 13.9. The molecular weight excluding hydrogens is 250 g/mol. The van der Waals surface area contributed by atoms with Gasteiger partial charge in [-0.1, -0.05) is 0 Å². The van der Waals surface area contributed by atoms with Gasteiger partial charge in [0.15, 0.2) is 0 Å². The Kier molecular flexibility index (Phi) is 3.74. The lowest BCUT2D eigenvalue weighted by Crippen LogP contribution is -2.18. The van der Waals surface area contributed by atoms with E-state index in [1.807, 2.05) is 31.3 Å². The van der Waals surface area contributed by atoms with Crippen molar-refractivity contribution in [2.24, 2.45) is 0 Å². The van der Waals surface area contributed by atoms with Gasteiger partial charge in [0, 0.05) is 31.5 Å². The standard InChI is InChI=1S/C16H21N3O/c1-12-3-6-16(20-12)11-19(2)15-7-8-17-14(9-15)10-18-13-4-5-13/h3,6-9,13,18H,4-5,10-11H2,1-2H3. The van der Waals surface area contributed by atoms with Gasteiger partial charge in [-0.2, -0.15) is 0 Å². The first kappa shape index (κ1) is 13.2. The first-order chi connectivity index (χ1) is 9.70. The molecule has 1 aliphatic carbocycles. The summed E-state index contributed by atoms with van der Waals surface area (Å²) in [6.07, 6.45) is 4.48. The van der Waals surface area contributed by atoms with E-state index in [2.05, 4.69) is 28.3 Å². The summed E-state index contributed by atoms with van der Waals surface area (Å²) in [7, 11) is 2.07. The number of hydrogen-bond donors (Lipinski definition) is 1. The molecule has 0 spiro atoms. The molecule has 0 saturated heterocycles. The van der Waals surface area contributed by atoms with E-state index in [9.17, 15) is 0 Å². The van der Waals surface area contributed by atoms with Crippen LogP contribution in [0.3, 0.4) is 0 Å². The average Bonchev–Trinajstić information content (AvgIpc) is 3.19. The highest BCUT2D eigenvalue weighted by molar-refractivity contribution is 5.45. The minimum absolute atomic E-state index is 0.712. The van der Waals surface area contributed by atoms with E-state index in [-0.39, 0.29) is 0 Å². The van der Waals surface area contributed by atoms with Gasteiger partial charge in [0.25, 0.3) is 0 Å². The van der Waals surface area contributed by atoms with E-state index in [0.717, 1.165) is 30.3 Å². The molecule has 1 fully saturated rings. The molecule has 2 heterocycles. The van der Waals surface area contributed by atoms with Crippen LogP contribution >= 0.6 is 0 Å². The Bertz CT molecular complexity index is 575. The van der Waals surface area contributed by atoms with Crippen molar-refractivity contribution in [3.63, 3.8) is 0 Å². The summed E-state index contributed by atoms with van der Waals surface area (Å²) in [6, 6.07) is 8.93. The average molecular weight is 271 g/mol. The Hall–Kier alpha value is -1.81. The monoisotopic (exact) mass is 271 g/mol. The van der Waals surface area contributed by atoms with Crippen LogP contribution in [0.15, 0.2) is 34.9 Å². The third-order valence-corrected chi connectivity index (χ3v) is 3.58. The van der Waals surface area contributed by atoms with Crippen molar-refractivity contribution in [3.05, 3.63) is 47.7 Å². The van der Waals surface area contributed by atoms with Crippen LogP contribution in [0.25, 0.3) is 0 Å². The van der Waals surface area contributed by atoms with Gasteiger partial charge in [0.1, 0.15) is 11.5 Å². The molecular formula is C16H21N3O. The number of aryl methyl sites for hydroxylation is 1. The van der Waals surface area contributed by atoms with Gasteiger partial charge in [0.2, 0.25) is 0 Å². The van der Waals surface area contributed by atoms with Crippen LogP contribution in [0.4, 0.5) is 5.69 Å². The van der Waals surface area contributed by atoms with Crippen LogP contribution in [0.5, 0.6) is 0 Å². The number of furan rings is 1. The topological polar surface area (TPSA) is 41.3 Å². The Morgan fingerprint density at radius 2 is 2.20 bits per heavy atom. The molecule has 0 radical (unpaired) electrons. The number of aromatic nitrogens is 1. The number of hydrogen-bond acceptors (Lipinski definition) is 4. The van der Waals surface area contributed by atoms with Crippen molar-refractivity contribution in [2.75, 3.05) is 11.9 Å². The fourth-order valence-corrected chi connectivity index (χ4v) is 2.23. The highest BCUT2D eigenvalue weighted by Crippen LogP contribution is 2.20. The quantitative estimate of drug-likeness (QED) is 0.877. The molecule has 0 unspecified atom stereocenters. The van der Waals surface area contributed by atoms with Crippen molar-refractivity contribution in [3.8, 4) is 0 Å². The lowest BCUT2D eigenvalue weighted by Gasteiger charge is -2.18. The first-order valence-corrected chi connectivity index (χ1v) is 7.15. The molecule has 3 rings (SSSR count). The summed E-state index contributed by atoms with van der Waals surface area (Å²) in [5, 5.41) is 3.49. The normalized spacial score (nSPS) is 14.5. The largest absolute Gasteiger partial charge is 0.464 e. The second-order valence-electron chi connectivity index (χ2n) is 5.53. The number of rotatable bonds is 6. The van der Waals surface area contributed by atoms with Gasteiger partial charge < -0.3 is 14.6 Å². The molecule has 106 valence electrons. The maximum absolute atomic E-state index is 5.62. The minimum Gasteiger partial charge on any atom is -0.464 e. The van der Waals surface area contributed by atoms with Gasteiger partial charge in [-0.25, -0.2) is 0 Å². The van der Waals surface area contributed by atoms with Crippen LogP contribution in [0.1, 0.15) is 30.1 Å². The number of nitrogens with zero attached hydrogens (tertiary/aromatic N) is 2. The van der Waals surface area contributed by atoms with Gasteiger partial charge in [-0.3, -0.25) is 4.98 Å². The molecule has 20 heavy (non-hydrogen) atoms. The fraction of sp³-hybridized carbons (Fsp3) is 0.438. The SMILES string of the molecule is Cc1ccc(CN(C)c2ccnc(CNC3CC3)c2)o1. The Morgan fingerprint density at radius 3 is 2.90 bits per heavy atom. The van der Waals surface area contributed by atoms with Crippen LogP contribution in [-0.2, 0) is 13.1 Å². The van der Waals surface area contributed by atoms with Crippen molar-refractivity contribution < 1.29 is 4.42 Å². The molecule has 1 saturated carbocycles. The summed E-state index contributed by atoms with van der Waals surface area (Å²) in [5.41, 5.74) is 2.26. The van der Waals surface area contributed by atoms with Crippen molar-refractivity contribution in [1.29, 1.82) is 0 Å². The molecule has 1 N–H and O–H groups in total. The molecule has 0 amide bonds. The number of nitrogens with one attached hydrogen (secondary N) is 1. The first-order valence-electron chi connectivity index (χ1n) is 7.15. The van der Waals surface area contributed by atoms with E-state index in [1.165, 1.54) is 18.5 Å². The minimum atomic E-state index is 0.712. The molecule has 0 aromatic carbocycles. The van der Waals surface area contributed by atoms with Crippen LogP contribution < -0.4 is 10.2 Å². The van der Waals surface area contributed by atoms with Gasteiger partial charge in [0.05, 0.1) is 12.2 Å². The highest BCUT2D eigenvalue weighted by atomic mass is 16.3. The predicted octanol–water partition coefficient (Wildman–Crippen LogP) is 2.87. The zero-order valence-corrected chi connectivity index (χ0v) is 12.1. The van der Waals surface area contributed by atoms with Gasteiger partial charge in [-0.05, 0) is 44.0 Å².